The molecule has 4 nitrogen and oxygen atoms in total. The van der Waals surface area contributed by atoms with Gasteiger partial charge < -0.3 is 10.1 Å². The van der Waals surface area contributed by atoms with Gasteiger partial charge in [-0.25, -0.2) is 0 Å². The zero-order valence-electron chi connectivity index (χ0n) is 11.7. The van der Waals surface area contributed by atoms with E-state index in [0.29, 0.717) is 18.1 Å². The van der Waals surface area contributed by atoms with Gasteiger partial charge in [-0.1, -0.05) is 13.8 Å². The lowest BCUT2D eigenvalue weighted by Crippen LogP contribution is -2.19. The fourth-order valence-corrected chi connectivity index (χ4v) is 2.33. The maximum Gasteiger partial charge on any atom is 0.0775 e. The number of ether oxygens (including phenoxy) is 1. The van der Waals surface area contributed by atoms with Crippen molar-refractivity contribution in [1.82, 2.24) is 15.1 Å². The van der Waals surface area contributed by atoms with Crippen LogP contribution in [0.3, 0.4) is 0 Å². The summed E-state index contributed by atoms with van der Waals surface area (Å²) in [6.45, 7) is 9.41. The molecule has 1 aliphatic rings. The number of hydrogen-bond donors (Lipinski definition) is 1. The number of hydrogen-bond acceptors (Lipinski definition) is 3. The third-order valence-corrected chi connectivity index (χ3v) is 3.28. The van der Waals surface area contributed by atoms with Crippen molar-refractivity contribution in [2.24, 2.45) is 5.92 Å². The van der Waals surface area contributed by atoms with Crippen LogP contribution in [-0.2, 0) is 17.8 Å². The molecule has 0 aliphatic carbocycles. The SMILES string of the molecule is CC(C)CNCc1cnn(CC2CCC(C)O2)c1. The maximum atomic E-state index is 5.81. The van der Waals surface area contributed by atoms with E-state index < -0.39 is 0 Å². The second-order valence-corrected chi connectivity index (χ2v) is 5.74. The first kappa shape index (κ1) is 13.6. The molecule has 18 heavy (non-hydrogen) atoms. The van der Waals surface area contributed by atoms with Crippen LogP contribution in [0.25, 0.3) is 0 Å². The summed E-state index contributed by atoms with van der Waals surface area (Å²) in [6, 6.07) is 0. The Morgan fingerprint density at radius 2 is 2.33 bits per heavy atom. The van der Waals surface area contributed by atoms with Crippen molar-refractivity contribution in [3.63, 3.8) is 0 Å². The fraction of sp³-hybridized carbons (Fsp3) is 0.786. The molecule has 2 rings (SSSR count). The Labute approximate surface area is 110 Å². The van der Waals surface area contributed by atoms with Crippen molar-refractivity contribution in [3.8, 4) is 0 Å². The second-order valence-electron chi connectivity index (χ2n) is 5.74. The van der Waals surface area contributed by atoms with E-state index in [2.05, 4.69) is 37.4 Å². The van der Waals surface area contributed by atoms with Crippen LogP contribution < -0.4 is 5.32 Å². The Morgan fingerprint density at radius 1 is 1.50 bits per heavy atom. The normalized spacial score (nSPS) is 24.0. The first-order valence-corrected chi connectivity index (χ1v) is 7.01. The number of rotatable bonds is 6. The van der Waals surface area contributed by atoms with Gasteiger partial charge in [0.25, 0.3) is 0 Å². The summed E-state index contributed by atoms with van der Waals surface area (Å²) < 4.78 is 7.82. The third kappa shape index (κ3) is 4.10. The van der Waals surface area contributed by atoms with Gasteiger partial charge in [-0.3, -0.25) is 4.68 Å². The van der Waals surface area contributed by atoms with Gasteiger partial charge in [0.05, 0.1) is 24.9 Å². The summed E-state index contributed by atoms with van der Waals surface area (Å²) in [7, 11) is 0. The van der Waals surface area contributed by atoms with Crippen LogP contribution in [-0.4, -0.2) is 28.5 Å². The van der Waals surface area contributed by atoms with Gasteiger partial charge >= 0.3 is 0 Å². The lowest BCUT2D eigenvalue weighted by atomic mass is 10.2. The van der Waals surface area contributed by atoms with Gasteiger partial charge in [0, 0.05) is 18.3 Å². The first-order valence-electron chi connectivity index (χ1n) is 7.01. The molecule has 0 spiro atoms. The molecule has 1 fully saturated rings. The highest BCUT2D eigenvalue weighted by Gasteiger charge is 2.22. The number of aromatic nitrogens is 2. The quantitative estimate of drug-likeness (QED) is 0.842. The van der Waals surface area contributed by atoms with E-state index in [9.17, 15) is 0 Å². The molecule has 1 aromatic rings. The van der Waals surface area contributed by atoms with E-state index in [4.69, 9.17) is 4.74 Å². The van der Waals surface area contributed by atoms with Gasteiger partial charge in [0.2, 0.25) is 0 Å². The monoisotopic (exact) mass is 251 g/mol. The summed E-state index contributed by atoms with van der Waals surface area (Å²) in [5.74, 6) is 0.688. The van der Waals surface area contributed by atoms with Crippen LogP contribution in [0, 0.1) is 5.92 Å². The Morgan fingerprint density at radius 3 is 3.00 bits per heavy atom. The average molecular weight is 251 g/mol. The molecule has 0 saturated carbocycles. The summed E-state index contributed by atoms with van der Waals surface area (Å²) in [5, 5.41) is 7.83. The molecule has 102 valence electrons. The predicted molar refractivity (Wildman–Crippen MR) is 72.3 cm³/mol. The molecule has 2 unspecified atom stereocenters. The molecule has 0 bridgehead atoms. The van der Waals surface area contributed by atoms with E-state index in [1.807, 2.05) is 10.9 Å². The lowest BCUT2D eigenvalue weighted by molar-refractivity contribution is 0.0437. The number of nitrogens with one attached hydrogen (secondary N) is 1. The summed E-state index contributed by atoms with van der Waals surface area (Å²) in [4.78, 5) is 0. The van der Waals surface area contributed by atoms with Gasteiger partial charge in [0.15, 0.2) is 0 Å². The van der Waals surface area contributed by atoms with Crippen molar-refractivity contribution >= 4 is 0 Å². The second kappa shape index (κ2) is 6.34. The highest BCUT2D eigenvalue weighted by atomic mass is 16.5. The zero-order valence-corrected chi connectivity index (χ0v) is 11.7. The highest BCUT2D eigenvalue weighted by Crippen LogP contribution is 2.20. The molecule has 1 aliphatic heterocycles. The van der Waals surface area contributed by atoms with E-state index in [1.165, 1.54) is 12.0 Å². The molecule has 0 radical (unpaired) electrons. The van der Waals surface area contributed by atoms with Gasteiger partial charge in [-0.05, 0) is 32.2 Å². The molecule has 0 amide bonds. The van der Waals surface area contributed by atoms with E-state index in [-0.39, 0.29) is 0 Å². The average Bonchev–Trinajstić information content (AvgIpc) is 2.89. The minimum atomic E-state index is 0.344. The van der Waals surface area contributed by atoms with E-state index in [0.717, 1.165) is 26.1 Å². The fourth-order valence-electron chi connectivity index (χ4n) is 2.33. The molecule has 0 aromatic carbocycles. The van der Waals surface area contributed by atoms with Gasteiger partial charge in [0.1, 0.15) is 0 Å². The molecule has 1 N–H and O–H groups in total. The summed E-state index contributed by atoms with van der Waals surface area (Å²) in [5.41, 5.74) is 1.25. The van der Waals surface area contributed by atoms with Crippen LogP contribution in [0.15, 0.2) is 12.4 Å². The standard InChI is InChI=1S/C14H25N3O/c1-11(2)6-15-7-13-8-16-17(9-13)10-14-5-4-12(3)18-14/h8-9,11-12,14-15H,4-7,10H2,1-3H3. The summed E-state index contributed by atoms with van der Waals surface area (Å²) >= 11 is 0. The molecular formula is C14H25N3O. The van der Waals surface area contributed by atoms with Gasteiger partial charge in [-0.2, -0.15) is 5.10 Å². The largest absolute Gasteiger partial charge is 0.373 e. The van der Waals surface area contributed by atoms with Crippen molar-refractivity contribution in [3.05, 3.63) is 18.0 Å². The van der Waals surface area contributed by atoms with Gasteiger partial charge in [-0.15, -0.1) is 0 Å². The van der Waals surface area contributed by atoms with Crippen molar-refractivity contribution in [2.45, 2.75) is 58.9 Å². The maximum absolute atomic E-state index is 5.81. The smallest absolute Gasteiger partial charge is 0.0775 e. The Hall–Kier alpha value is -0.870. The topological polar surface area (TPSA) is 39.1 Å². The Balaban J connectivity index is 1.75. The predicted octanol–water partition coefficient (Wildman–Crippen LogP) is 2.20. The Bertz CT molecular complexity index is 362. The molecule has 2 heterocycles. The minimum absolute atomic E-state index is 0.344. The Kier molecular flexibility index (Phi) is 4.78. The van der Waals surface area contributed by atoms with Crippen molar-refractivity contribution in [2.75, 3.05) is 6.54 Å². The van der Waals surface area contributed by atoms with Crippen LogP contribution in [0.5, 0.6) is 0 Å². The zero-order chi connectivity index (χ0) is 13.0. The van der Waals surface area contributed by atoms with E-state index >= 15 is 0 Å². The molecule has 1 saturated heterocycles. The van der Waals surface area contributed by atoms with E-state index in [1.54, 1.807) is 0 Å². The molecule has 4 heteroatoms. The molecule has 1 aromatic heterocycles. The minimum Gasteiger partial charge on any atom is -0.373 e. The van der Waals surface area contributed by atoms with Crippen LogP contribution in [0.2, 0.25) is 0 Å². The van der Waals surface area contributed by atoms with Crippen LogP contribution >= 0.6 is 0 Å². The van der Waals surface area contributed by atoms with Crippen LogP contribution in [0.1, 0.15) is 39.2 Å². The van der Waals surface area contributed by atoms with Crippen molar-refractivity contribution in [1.29, 1.82) is 0 Å². The van der Waals surface area contributed by atoms with Crippen LogP contribution in [0.4, 0.5) is 0 Å². The van der Waals surface area contributed by atoms with Crippen molar-refractivity contribution < 1.29 is 4.74 Å². The molecule has 2 atom stereocenters. The lowest BCUT2D eigenvalue weighted by Gasteiger charge is -2.10. The highest BCUT2D eigenvalue weighted by molar-refractivity contribution is 5.03. The summed E-state index contributed by atoms with van der Waals surface area (Å²) in [6.07, 6.45) is 7.16. The molecular weight excluding hydrogens is 226 g/mol. The number of nitrogens with zero attached hydrogens (tertiary/aromatic N) is 2. The third-order valence-electron chi connectivity index (χ3n) is 3.28. The first-order chi connectivity index (χ1) is 8.63.